The zero-order chi connectivity index (χ0) is 27.5. The molecule has 7 aromatic rings. The average Bonchev–Trinajstić information content (AvgIpc) is 3.33. The van der Waals surface area contributed by atoms with Crippen molar-refractivity contribution in [1.29, 1.82) is 0 Å². The van der Waals surface area contributed by atoms with Gasteiger partial charge in [-0.25, -0.2) is 0 Å². The van der Waals surface area contributed by atoms with E-state index in [0.29, 0.717) is 0 Å². The number of nitrogens with zero attached hydrogens (tertiary/aromatic N) is 1. The van der Waals surface area contributed by atoms with Crippen molar-refractivity contribution in [2.75, 3.05) is 0 Å². The van der Waals surface area contributed by atoms with E-state index in [-0.39, 0.29) is 0 Å². The molecular weight excluding hydrogens is 494 g/mol. The molecule has 0 spiro atoms. The highest BCUT2D eigenvalue weighted by atomic mass is 15.0. The maximum absolute atomic E-state index is 2.47. The summed E-state index contributed by atoms with van der Waals surface area (Å²) in [6, 6.07) is 47.1. The molecule has 0 aliphatic heterocycles. The van der Waals surface area contributed by atoms with Crippen molar-refractivity contribution in [1.82, 2.24) is 4.57 Å². The molecule has 1 nitrogen and oxygen atoms in total. The quantitative estimate of drug-likeness (QED) is 0.216. The van der Waals surface area contributed by atoms with Gasteiger partial charge in [0.15, 0.2) is 0 Å². The van der Waals surface area contributed by atoms with Gasteiger partial charge in [-0.2, -0.15) is 0 Å². The fraction of sp³-hybridized carbons (Fsp3) is 0.100. The second kappa shape index (κ2) is 9.35. The number of hydrogen-bond acceptors (Lipinski definition) is 0. The van der Waals surface area contributed by atoms with Crippen LogP contribution in [-0.2, 0) is 12.8 Å². The molecule has 196 valence electrons. The Bertz CT molecular complexity index is 2110. The average molecular weight is 526 g/mol. The molecule has 6 aromatic carbocycles. The van der Waals surface area contributed by atoms with Crippen molar-refractivity contribution in [2.45, 2.75) is 26.7 Å². The summed E-state index contributed by atoms with van der Waals surface area (Å²) in [5.74, 6) is 0. The number of benzene rings is 6. The van der Waals surface area contributed by atoms with Crippen LogP contribution in [-0.4, -0.2) is 4.57 Å². The molecule has 1 aliphatic carbocycles. The van der Waals surface area contributed by atoms with Crippen molar-refractivity contribution in [3.05, 3.63) is 161 Å². The van der Waals surface area contributed by atoms with Crippen LogP contribution in [0.25, 0.3) is 49.7 Å². The van der Waals surface area contributed by atoms with Crippen LogP contribution < -0.4 is 0 Å². The van der Waals surface area contributed by atoms with Gasteiger partial charge >= 0.3 is 0 Å². The molecule has 1 heterocycles. The standard InChI is InChI=1S/C40H31N/c1-26-11-6-7-16-35(26)37-23-31-21-33-25-40-38(24-32(33)20-30(31)19-27(37)2)36-17-8-9-18-39(36)41(40)34-15-10-14-29(22-34)28-12-4-3-5-13-28/h3-19,22-25H,20-21H2,1-2H3. The first-order valence-electron chi connectivity index (χ1n) is 14.5. The molecule has 0 N–H and O–H groups in total. The smallest absolute Gasteiger partial charge is 0.0544 e. The van der Waals surface area contributed by atoms with Crippen molar-refractivity contribution in [3.63, 3.8) is 0 Å². The van der Waals surface area contributed by atoms with Crippen molar-refractivity contribution in [3.8, 4) is 27.9 Å². The number of aryl methyl sites for hydroxylation is 2. The van der Waals surface area contributed by atoms with Crippen LogP contribution in [0.1, 0.15) is 33.4 Å². The van der Waals surface area contributed by atoms with Crippen LogP contribution in [0.15, 0.2) is 127 Å². The lowest BCUT2D eigenvalue weighted by Gasteiger charge is -2.23. The first-order valence-corrected chi connectivity index (χ1v) is 14.5. The molecule has 0 fully saturated rings. The van der Waals surface area contributed by atoms with Gasteiger partial charge in [0.25, 0.3) is 0 Å². The minimum Gasteiger partial charge on any atom is -0.309 e. The van der Waals surface area contributed by atoms with Crippen LogP contribution in [0.5, 0.6) is 0 Å². The summed E-state index contributed by atoms with van der Waals surface area (Å²) in [7, 11) is 0. The minimum absolute atomic E-state index is 0.964. The van der Waals surface area contributed by atoms with Crippen LogP contribution in [0.2, 0.25) is 0 Å². The maximum atomic E-state index is 2.47. The molecule has 0 atom stereocenters. The lowest BCUT2D eigenvalue weighted by Crippen LogP contribution is -2.09. The van der Waals surface area contributed by atoms with Crippen molar-refractivity contribution < 1.29 is 0 Å². The van der Waals surface area contributed by atoms with Gasteiger partial charge in [0.1, 0.15) is 0 Å². The van der Waals surface area contributed by atoms with Gasteiger partial charge in [0.2, 0.25) is 0 Å². The lowest BCUT2D eigenvalue weighted by atomic mass is 9.82. The molecule has 8 rings (SSSR count). The SMILES string of the molecule is Cc1ccccc1-c1cc2c(cc1C)Cc1cc3c4ccccc4n(-c4cccc(-c5ccccc5)c4)c3cc1C2. The van der Waals surface area contributed by atoms with Gasteiger partial charge in [-0.1, -0.05) is 97.1 Å². The highest BCUT2D eigenvalue weighted by molar-refractivity contribution is 6.10. The van der Waals surface area contributed by atoms with Gasteiger partial charge in [-0.05, 0) is 113 Å². The predicted octanol–water partition coefficient (Wildman–Crippen LogP) is 10.2. The second-order valence-electron chi connectivity index (χ2n) is 11.5. The first-order chi connectivity index (χ1) is 20.1. The van der Waals surface area contributed by atoms with Gasteiger partial charge in [0, 0.05) is 16.5 Å². The third-order valence-corrected chi connectivity index (χ3v) is 8.95. The molecule has 41 heavy (non-hydrogen) atoms. The van der Waals surface area contributed by atoms with E-state index < -0.39 is 0 Å². The number of aromatic nitrogens is 1. The molecular formula is C40H31N. The number of para-hydroxylation sites is 1. The van der Waals surface area contributed by atoms with Crippen molar-refractivity contribution >= 4 is 21.8 Å². The van der Waals surface area contributed by atoms with E-state index in [1.54, 1.807) is 0 Å². The van der Waals surface area contributed by atoms with Gasteiger partial charge in [-0.3, -0.25) is 0 Å². The van der Waals surface area contributed by atoms with E-state index in [1.807, 2.05) is 0 Å². The molecule has 0 radical (unpaired) electrons. The highest BCUT2D eigenvalue weighted by Crippen LogP contribution is 2.39. The summed E-state index contributed by atoms with van der Waals surface area (Å²) in [6.07, 6.45) is 1.95. The van der Waals surface area contributed by atoms with Gasteiger partial charge in [-0.15, -0.1) is 0 Å². The summed E-state index contributed by atoms with van der Waals surface area (Å²) >= 11 is 0. The molecule has 0 saturated heterocycles. The summed E-state index contributed by atoms with van der Waals surface area (Å²) in [5.41, 5.74) is 17.4. The monoisotopic (exact) mass is 525 g/mol. The lowest BCUT2D eigenvalue weighted by molar-refractivity contribution is 1.000. The Morgan fingerprint density at radius 2 is 1.12 bits per heavy atom. The van der Waals surface area contributed by atoms with E-state index in [9.17, 15) is 0 Å². The number of fused-ring (bicyclic) bond motifs is 5. The second-order valence-corrected chi connectivity index (χ2v) is 11.5. The normalized spacial score (nSPS) is 12.4. The molecule has 1 aromatic heterocycles. The van der Waals surface area contributed by atoms with E-state index in [2.05, 4.69) is 146 Å². The van der Waals surface area contributed by atoms with Crippen LogP contribution in [0.3, 0.4) is 0 Å². The molecule has 1 aliphatic rings. The Kier molecular flexibility index (Phi) is 5.47. The van der Waals surface area contributed by atoms with E-state index in [0.717, 1.165) is 12.8 Å². The molecule has 1 heteroatoms. The minimum atomic E-state index is 0.964. The van der Waals surface area contributed by atoms with Crippen LogP contribution in [0.4, 0.5) is 0 Å². The Morgan fingerprint density at radius 3 is 1.98 bits per heavy atom. The summed E-state index contributed by atoms with van der Waals surface area (Å²) in [4.78, 5) is 0. The zero-order valence-corrected chi connectivity index (χ0v) is 23.5. The Hall–Kier alpha value is -4.88. The van der Waals surface area contributed by atoms with E-state index >= 15 is 0 Å². The largest absolute Gasteiger partial charge is 0.309 e. The summed E-state index contributed by atoms with van der Waals surface area (Å²) < 4.78 is 2.46. The predicted molar refractivity (Wildman–Crippen MR) is 173 cm³/mol. The third-order valence-electron chi connectivity index (χ3n) is 8.95. The number of hydrogen-bond donors (Lipinski definition) is 0. The highest BCUT2D eigenvalue weighted by Gasteiger charge is 2.21. The fourth-order valence-corrected chi connectivity index (χ4v) is 6.88. The number of rotatable bonds is 3. The molecule has 0 saturated carbocycles. The van der Waals surface area contributed by atoms with E-state index in [4.69, 9.17) is 0 Å². The Balaban J connectivity index is 1.30. The molecule has 0 amide bonds. The topological polar surface area (TPSA) is 4.93 Å². The van der Waals surface area contributed by atoms with Crippen LogP contribution in [0, 0.1) is 13.8 Å². The summed E-state index contributed by atoms with van der Waals surface area (Å²) in [5, 5.41) is 2.65. The van der Waals surface area contributed by atoms with Gasteiger partial charge < -0.3 is 4.57 Å². The fourth-order valence-electron chi connectivity index (χ4n) is 6.88. The molecule has 0 bridgehead atoms. The third kappa shape index (κ3) is 3.92. The zero-order valence-electron chi connectivity index (χ0n) is 23.5. The van der Waals surface area contributed by atoms with E-state index in [1.165, 1.54) is 83.1 Å². The maximum Gasteiger partial charge on any atom is 0.0544 e. The van der Waals surface area contributed by atoms with Gasteiger partial charge in [0.05, 0.1) is 11.0 Å². The summed E-state index contributed by atoms with van der Waals surface area (Å²) in [6.45, 7) is 4.48. The Morgan fingerprint density at radius 1 is 0.439 bits per heavy atom. The van der Waals surface area contributed by atoms with Crippen LogP contribution >= 0.6 is 0 Å². The first kappa shape index (κ1) is 24.0. The molecule has 0 unspecified atom stereocenters. The Labute approximate surface area is 241 Å². The van der Waals surface area contributed by atoms with Crippen molar-refractivity contribution in [2.24, 2.45) is 0 Å².